The van der Waals surface area contributed by atoms with Crippen molar-refractivity contribution in [2.45, 2.75) is 6.92 Å². The van der Waals surface area contributed by atoms with Gasteiger partial charge in [0, 0.05) is 28.2 Å². The second kappa shape index (κ2) is 4.10. The number of aromatic nitrogens is 1. The third-order valence-corrected chi connectivity index (χ3v) is 4.25. The predicted molar refractivity (Wildman–Crippen MR) is 77.5 cm³/mol. The molecule has 3 rings (SSSR count). The SMILES string of the molecule is [B]Nc1ccc(C)c2sc3cnccc3c(=O)c12. The van der Waals surface area contributed by atoms with E-state index in [1.165, 1.54) is 0 Å². The maximum absolute atomic E-state index is 12.5. The number of rotatable bonds is 1. The standard InChI is InChI=1S/C13H9BN2OS/c1-7-2-3-9(16-14)11-12(17)8-4-5-15-6-10(8)18-13(7)11/h2-6,16H,1H3. The summed E-state index contributed by atoms with van der Waals surface area (Å²) in [5.74, 6) is 0. The van der Waals surface area contributed by atoms with Crippen LogP contribution in [-0.2, 0) is 0 Å². The summed E-state index contributed by atoms with van der Waals surface area (Å²) in [7, 11) is 5.48. The topological polar surface area (TPSA) is 42.0 Å². The van der Waals surface area contributed by atoms with E-state index in [-0.39, 0.29) is 5.43 Å². The molecule has 0 saturated carbocycles. The van der Waals surface area contributed by atoms with E-state index in [2.05, 4.69) is 10.2 Å². The highest BCUT2D eigenvalue weighted by molar-refractivity contribution is 7.24. The zero-order chi connectivity index (χ0) is 12.7. The summed E-state index contributed by atoms with van der Waals surface area (Å²) in [6, 6.07) is 5.53. The minimum absolute atomic E-state index is 0.00204. The van der Waals surface area contributed by atoms with Crippen LogP contribution in [0.15, 0.2) is 35.4 Å². The predicted octanol–water partition coefficient (Wildman–Crippen LogP) is 2.61. The fraction of sp³-hybridized carbons (Fsp3) is 0.0769. The Hall–Kier alpha value is -1.88. The molecule has 0 aliphatic rings. The Balaban J connectivity index is 2.64. The molecule has 0 fully saturated rings. The Labute approximate surface area is 109 Å². The lowest BCUT2D eigenvalue weighted by Gasteiger charge is -2.08. The van der Waals surface area contributed by atoms with Crippen molar-refractivity contribution in [2.75, 3.05) is 5.23 Å². The molecule has 1 N–H and O–H groups in total. The van der Waals surface area contributed by atoms with Crippen molar-refractivity contribution in [1.82, 2.24) is 4.98 Å². The summed E-state index contributed by atoms with van der Waals surface area (Å²) < 4.78 is 1.85. The highest BCUT2D eigenvalue weighted by Gasteiger charge is 2.10. The number of hydrogen-bond donors (Lipinski definition) is 1. The number of pyridine rings is 1. The van der Waals surface area contributed by atoms with E-state index in [1.54, 1.807) is 29.8 Å². The van der Waals surface area contributed by atoms with Gasteiger partial charge >= 0.3 is 0 Å². The number of benzene rings is 1. The van der Waals surface area contributed by atoms with Crippen LogP contribution >= 0.6 is 11.3 Å². The minimum Gasteiger partial charge on any atom is -0.437 e. The lowest BCUT2D eigenvalue weighted by molar-refractivity contribution is 1.37. The molecule has 0 spiro atoms. The summed E-state index contributed by atoms with van der Waals surface area (Å²) in [6.45, 7) is 1.99. The van der Waals surface area contributed by atoms with Crippen LogP contribution in [0.4, 0.5) is 5.69 Å². The molecule has 0 amide bonds. The molecule has 2 radical (unpaired) electrons. The Morgan fingerprint density at radius 1 is 1.33 bits per heavy atom. The molecule has 0 bridgehead atoms. The van der Waals surface area contributed by atoms with Crippen molar-refractivity contribution in [2.24, 2.45) is 0 Å². The monoisotopic (exact) mass is 252 g/mol. The molecule has 0 saturated heterocycles. The summed E-state index contributed by atoms with van der Waals surface area (Å²) in [4.78, 5) is 16.6. The van der Waals surface area contributed by atoms with Crippen molar-refractivity contribution >= 4 is 45.2 Å². The van der Waals surface area contributed by atoms with Gasteiger partial charge in [-0.05, 0) is 24.6 Å². The van der Waals surface area contributed by atoms with Crippen LogP contribution in [0.3, 0.4) is 0 Å². The van der Waals surface area contributed by atoms with Gasteiger partial charge in [0.2, 0.25) is 7.98 Å². The van der Waals surface area contributed by atoms with Gasteiger partial charge in [-0.25, -0.2) is 0 Å². The molecule has 2 heterocycles. The smallest absolute Gasteiger partial charge is 0.222 e. The van der Waals surface area contributed by atoms with Crippen molar-refractivity contribution < 1.29 is 0 Å². The first-order valence-electron chi connectivity index (χ1n) is 5.49. The molecular weight excluding hydrogens is 243 g/mol. The molecule has 5 heteroatoms. The van der Waals surface area contributed by atoms with Crippen molar-refractivity contribution in [3.05, 3.63) is 46.4 Å². The van der Waals surface area contributed by atoms with Crippen LogP contribution in [0.25, 0.3) is 20.2 Å². The number of aryl methyl sites for hydroxylation is 1. The summed E-state index contributed by atoms with van der Waals surface area (Å²) in [5, 5.41) is 3.93. The van der Waals surface area contributed by atoms with Gasteiger partial charge in [-0.2, -0.15) is 0 Å². The van der Waals surface area contributed by atoms with Gasteiger partial charge in [-0.1, -0.05) is 6.07 Å². The third-order valence-electron chi connectivity index (χ3n) is 2.98. The molecule has 3 nitrogen and oxygen atoms in total. The lowest BCUT2D eigenvalue weighted by Crippen LogP contribution is -2.05. The van der Waals surface area contributed by atoms with Gasteiger partial charge in [0.25, 0.3) is 0 Å². The Kier molecular flexibility index (Phi) is 2.56. The molecule has 86 valence electrons. The number of fused-ring (bicyclic) bond motifs is 2. The molecule has 2 aromatic heterocycles. The quantitative estimate of drug-likeness (QED) is 0.534. The van der Waals surface area contributed by atoms with Gasteiger partial charge in [-0.3, -0.25) is 9.78 Å². The van der Waals surface area contributed by atoms with Gasteiger partial charge < -0.3 is 5.23 Å². The van der Waals surface area contributed by atoms with Crippen LogP contribution in [0.5, 0.6) is 0 Å². The zero-order valence-electron chi connectivity index (χ0n) is 9.73. The van der Waals surface area contributed by atoms with Crippen LogP contribution < -0.4 is 10.7 Å². The highest BCUT2D eigenvalue weighted by atomic mass is 32.1. The van der Waals surface area contributed by atoms with E-state index in [1.807, 2.05) is 19.1 Å². The van der Waals surface area contributed by atoms with Crippen LogP contribution in [0.2, 0.25) is 0 Å². The summed E-state index contributed by atoms with van der Waals surface area (Å²) >= 11 is 1.56. The molecule has 1 aromatic carbocycles. The normalized spacial score (nSPS) is 10.9. The average Bonchev–Trinajstić information content (AvgIpc) is 2.40. The second-order valence-corrected chi connectivity index (χ2v) is 5.13. The van der Waals surface area contributed by atoms with E-state index in [9.17, 15) is 4.79 Å². The summed E-state index contributed by atoms with van der Waals surface area (Å²) in [6.07, 6.45) is 3.36. The van der Waals surface area contributed by atoms with E-state index in [0.29, 0.717) is 16.5 Å². The first-order valence-corrected chi connectivity index (χ1v) is 6.31. The number of anilines is 1. The van der Waals surface area contributed by atoms with E-state index in [4.69, 9.17) is 7.98 Å². The van der Waals surface area contributed by atoms with E-state index < -0.39 is 0 Å². The van der Waals surface area contributed by atoms with Crippen molar-refractivity contribution in [1.29, 1.82) is 0 Å². The maximum atomic E-state index is 12.5. The largest absolute Gasteiger partial charge is 0.437 e. The molecule has 0 aliphatic heterocycles. The van der Waals surface area contributed by atoms with Crippen LogP contribution in [0.1, 0.15) is 5.56 Å². The Morgan fingerprint density at radius 3 is 2.94 bits per heavy atom. The minimum atomic E-state index is -0.00204. The molecule has 3 aromatic rings. The van der Waals surface area contributed by atoms with E-state index >= 15 is 0 Å². The second-order valence-electron chi connectivity index (χ2n) is 4.08. The first kappa shape index (κ1) is 11.2. The number of nitrogens with one attached hydrogen (secondary N) is 1. The third kappa shape index (κ3) is 1.51. The molecule has 0 unspecified atom stereocenters. The Bertz CT molecular complexity index is 813. The lowest BCUT2D eigenvalue weighted by atomic mass is 10.1. The van der Waals surface area contributed by atoms with Crippen LogP contribution in [-0.4, -0.2) is 13.0 Å². The molecular formula is C13H9BN2OS. The van der Waals surface area contributed by atoms with Gasteiger partial charge in [0.05, 0.1) is 10.1 Å². The van der Waals surface area contributed by atoms with Crippen LogP contribution in [0, 0.1) is 6.92 Å². The van der Waals surface area contributed by atoms with Gasteiger partial charge in [0.1, 0.15) is 0 Å². The zero-order valence-corrected chi connectivity index (χ0v) is 10.5. The molecule has 0 aliphatic carbocycles. The van der Waals surface area contributed by atoms with Gasteiger partial charge in [-0.15, -0.1) is 11.3 Å². The van der Waals surface area contributed by atoms with Crippen molar-refractivity contribution in [3.8, 4) is 0 Å². The van der Waals surface area contributed by atoms with Crippen molar-refractivity contribution in [3.63, 3.8) is 0 Å². The highest BCUT2D eigenvalue weighted by Crippen LogP contribution is 2.30. The summed E-state index contributed by atoms with van der Waals surface area (Å²) in [5.41, 5.74) is 1.73. The Morgan fingerprint density at radius 2 is 2.17 bits per heavy atom. The molecule has 0 atom stereocenters. The van der Waals surface area contributed by atoms with E-state index in [0.717, 1.165) is 15.0 Å². The fourth-order valence-electron chi connectivity index (χ4n) is 2.06. The van der Waals surface area contributed by atoms with Gasteiger partial charge in [0.15, 0.2) is 5.43 Å². The molecule has 18 heavy (non-hydrogen) atoms. The number of nitrogens with zero attached hydrogens (tertiary/aromatic N) is 1. The average molecular weight is 252 g/mol. The first-order chi connectivity index (χ1) is 8.72. The number of hydrogen-bond acceptors (Lipinski definition) is 4. The fourth-order valence-corrected chi connectivity index (χ4v) is 3.20. The maximum Gasteiger partial charge on any atom is 0.222 e.